The van der Waals surface area contributed by atoms with Crippen LogP contribution in [0.2, 0.25) is 0 Å². The van der Waals surface area contributed by atoms with Gasteiger partial charge in [-0.05, 0) is 89.1 Å². The first kappa shape index (κ1) is 75.7. The molecule has 0 radical (unpaired) electrons. The molecule has 512 valence electrons. The maximum atomic E-state index is 14.5. The van der Waals surface area contributed by atoms with Crippen LogP contribution in [0.5, 0.6) is 0 Å². The number of aromatic nitrogens is 2. The van der Waals surface area contributed by atoms with E-state index in [1.807, 2.05) is 0 Å². The first-order valence-corrected chi connectivity index (χ1v) is 31.5. The molecule has 92 heavy (non-hydrogen) atoms. The van der Waals surface area contributed by atoms with E-state index in [1.165, 1.54) is 36.1 Å². The predicted molar refractivity (Wildman–Crippen MR) is 327 cm³/mol. The number of aliphatic imine (C=N–C) groups is 1. The van der Waals surface area contributed by atoms with Gasteiger partial charge in [0, 0.05) is 44.5 Å². The number of nitrogens with zero attached hydrogens (tertiary/aromatic N) is 5. The van der Waals surface area contributed by atoms with Gasteiger partial charge in [-0.1, -0.05) is 13.8 Å². The van der Waals surface area contributed by atoms with E-state index in [-0.39, 0.29) is 102 Å². The van der Waals surface area contributed by atoms with Crippen LogP contribution in [0, 0.1) is 5.92 Å². The average molecular weight is 1320 g/mol. The van der Waals surface area contributed by atoms with Crippen molar-refractivity contribution in [2.45, 2.75) is 177 Å². The number of thioether (sulfide) groups is 1. The van der Waals surface area contributed by atoms with E-state index in [1.54, 1.807) is 20.1 Å². The summed E-state index contributed by atoms with van der Waals surface area (Å²) in [6.07, 6.45) is 2.65. The van der Waals surface area contributed by atoms with Gasteiger partial charge in [-0.25, -0.2) is 9.78 Å². The Bertz CT molecular complexity index is 2830. The number of aromatic amines is 1. The first-order valence-electron chi connectivity index (χ1n) is 30.1. The van der Waals surface area contributed by atoms with Gasteiger partial charge in [-0.15, -0.1) is 0 Å². The van der Waals surface area contributed by atoms with Crippen molar-refractivity contribution in [2.24, 2.45) is 39.6 Å². The van der Waals surface area contributed by atoms with Gasteiger partial charge in [0.15, 0.2) is 5.96 Å². The van der Waals surface area contributed by atoms with Crippen molar-refractivity contribution in [3.63, 3.8) is 0 Å². The number of H-pyrrole nitrogens is 1. The largest absolute Gasteiger partial charge is 0.480 e. The van der Waals surface area contributed by atoms with Gasteiger partial charge < -0.3 is 106 Å². The summed E-state index contributed by atoms with van der Waals surface area (Å²) < 4.78 is 0. The molecule has 0 bridgehead atoms. The fourth-order valence-electron chi connectivity index (χ4n) is 10.7. The molecule has 0 saturated carbocycles. The fourth-order valence-corrected chi connectivity index (χ4v) is 11.2. The summed E-state index contributed by atoms with van der Waals surface area (Å²) in [4.78, 5) is 203. The monoisotopic (exact) mass is 1320 g/mol. The number of guanidine groups is 1. The number of hydrogen-bond donors (Lipinski definition) is 17. The van der Waals surface area contributed by atoms with Crippen LogP contribution >= 0.6 is 11.8 Å². The Morgan fingerprint density at radius 1 is 0.652 bits per heavy atom. The van der Waals surface area contributed by atoms with Crippen molar-refractivity contribution in [2.75, 3.05) is 51.3 Å². The Morgan fingerprint density at radius 2 is 1.15 bits per heavy atom. The normalized spacial score (nSPS) is 19.1. The minimum absolute atomic E-state index is 0.00393. The minimum Gasteiger partial charge on any atom is -0.480 e. The summed E-state index contributed by atoms with van der Waals surface area (Å²) in [6, 6.07) is -15.9. The number of aliphatic hydroxyl groups excluding tert-OH is 2. The molecule has 3 aliphatic heterocycles. The molecule has 0 aromatic carbocycles. The second kappa shape index (κ2) is 37.0. The van der Waals surface area contributed by atoms with Crippen LogP contribution in [-0.2, 0) is 73.5 Å². The molecule has 1 aromatic rings. The van der Waals surface area contributed by atoms with E-state index in [0.29, 0.717) is 17.9 Å². The summed E-state index contributed by atoms with van der Waals surface area (Å²) in [5.41, 5.74) is 28.0. The highest BCUT2D eigenvalue weighted by Crippen LogP contribution is 2.23. The number of aliphatic carboxylic acids is 1. The lowest BCUT2D eigenvalue weighted by atomic mass is 10.0. The second-order valence-corrected chi connectivity index (χ2v) is 24.0. The highest BCUT2D eigenvalue weighted by Gasteiger charge is 2.44. The third-order valence-electron chi connectivity index (χ3n) is 15.4. The lowest BCUT2D eigenvalue weighted by molar-refractivity contribution is -0.145. The Morgan fingerprint density at radius 3 is 1.64 bits per heavy atom. The molecular weight excluding hydrogens is 1230 g/mol. The zero-order chi connectivity index (χ0) is 68.5. The van der Waals surface area contributed by atoms with Crippen molar-refractivity contribution in [1.29, 1.82) is 0 Å². The molecule has 3 aliphatic rings. The van der Waals surface area contributed by atoms with Crippen LogP contribution in [0.4, 0.5) is 0 Å². The van der Waals surface area contributed by atoms with E-state index >= 15 is 0 Å². The van der Waals surface area contributed by atoms with E-state index in [4.69, 9.17) is 28.7 Å². The molecule has 12 atom stereocenters. The zero-order valence-corrected chi connectivity index (χ0v) is 52.7. The van der Waals surface area contributed by atoms with Crippen molar-refractivity contribution in [3.8, 4) is 0 Å². The van der Waals surface area contributed by atoms with Gasteiger partial charge in [0.2, 0.25) is 76.8 Å². The highest BCUT2D eigenvalue weighted by molar-refractivity contribution is 7.98. The van der Waals surface area contributed by atoms with Gasteiger partial charge in [-0.3, -0.25) is 67.3 Å². The molecule has 4 rings (SSSR count). The summed E-state index contributed by atoms with van der Waals surface area (Å²) >= 11 is 1.42. The molecule has 3 fully saturated rings. The summed E-state index contributed by atoms with van der Waals surface area (Å²) in [7, 11) is 0. The number of primary amides is 2. The molecule has 0 unspecified atom stereocenters. The SMILES string of the molecule is CSCC[C@H](N)C(=O)N[C@H](C(=O)N[C@@H](CO)C(=O)N[C@@H](CC(N)=O)C(=O)N1CCC[C@H]1C(=O)N[C@@H](Cc1cnc[nH]1)C(=O)N[C@@H](CC(C)C)C(=O)N[C@@H](CC(N)=O)C(=O)N1CCC[C@H]1C(=O)NCC(=O)N1CCC[C@H]1C(=O)N[C@@H](CCCN=C(N)N)C(=O)O)[C@@H](C)O. The summed E-state index contributed by atoms with van der Waals surface area (Å²) in [5.74, 6) is -13.4. The Labute approximate surface area is 534 Å². The number of nitrogens with two attached hydrogens (primary N) is 5. The quantitative estimate of drug-likeness (QED) is 0.0167. The molecule has 1 aromatic heterocycles. The van der Waals surface area contributed by atoms with E-state index in [2.05, 4.69) is 57.5 Å². The minimum atomic E-state index is -1.82. The number of likely N-dealkylation sites (tertiary alicyclic amines) is 3. The van der Waals surface area contributed by atoms with E-state index in [0.717, 1.165) is 9.80 Å². The molecule has 0 spiro atoms. The maximum absolute atomic E-state index is 14.5. The number of carboxylic acids is 1. The molecule has 3 saturated heterocycles. The van der Waals surface area contributed by atoms with E-state index < -0.39 is 181 Å². The number of hydrogen-bond acceptors (Lipinski definition) is 20. The van der Waals surface area contributed by atoms with Crippen LogP contribution in [0.25, 0.3) is 0 Å². The van der Waals surface area contributed by atoms with Crippen LogP contribution in [-0.4, -0.2) is 253 Å². The number of carbonyl (C=O) groups excluding carboxylic acids is 13. The van der Waals surface area contributed by atoms with E-state index in [9.17, 15) is 82.4 Å². The van der Waals surface area contributed by atoms with Gasteiger partial charge >= 0.3 is 5.97 Å². The highest BCUT2D eigenvalue weighted by atomic mass is 32.2. The summed E-state index contributed by atoms with van der Waals surface area (Å²) in [5, 5.41) is 49.8. The number of carboxylic acid groups (broad SMARTS) is 1. The second-order valence-electron chi connectivity index (χ2n) is 23.0. The third-order valence-corrected chi connectivity index (χ3v) is 16.0. The van der Waals surface area contributed by atoms with Crippen LogP contribution in [0.1, 0.15) is 104 Å². The topological polar surface area (TPSA) is 577 Å². The van der Waals surface area contributed by atoms with Crippen molar-refractivity contribution >= 4 is 100 Å². The Hall–Kier alpha value is -8.71. The smallest absolute Gasteiger partial charge is 0.326 e. The maximum Gasteiger partial charge on any atom is 0.326 e. The van der Waals surface area contributed by atoms with Crippen molar-refractivity contribution < 1.29 is 82.4 Å². The fraction of sp³-hybridized carbons (Fsp3) is 0.673. The number of nitrogens with one attached hydrogen (secondary N) is 9. The molecule has 22 N–H and O–H groups in total. The lowest BCUT2D eigenvalue weighted by Gasteiger charge is -2.31. The van der Waals surface area contributed by atoms with Gasteiger partial charge in [0.1, 0.15) is 60.4 Å². The number of imidazole rings is 1. The summed E-state index contributed by atoms with van der Waals surface area (Å²) in [6.45, 7) is 3.04. The Balaban J connectivity index is 1.46. The van der Waals surface area contributed by atoms with Crippen LogP contribution < -0.4 is 71.2 Å². The molecule has 36 nitrogen and oxygen atoms in total. The molecular formula is C55H89N19O17S. The predicted octanol–water partition coefficient (Wildman–Crippen LogP) is -8.18. The molecule has 0 aliphatic carbocycles. The van der Waals surface area contributed by atoms with Gasteiger partial charge in [-0.2, -0.15) is 11.8 Å². The number of rotatable bonds is 37. The zero-order valence-electron chi connectivity index (χ0n) is 51.9. The van der Waals surface area contributed by atoms with Crippen molar-refractivity contribution in [1.82, 2.24) is 67.2 Å². The number of aliphatic hydroxyl groups is 2. The van der Waals surface area contributed by atoms with Crippen molar-refractivity contribution in [3.05, 3.63) is 18.2 Å². The third kappa shape index (κ3) is 23.2. The first-order chi connectivity index (χ1) is 43.5. The van der Waals surface area contributed by atoms with Gasteiger partial charge in [0.25, 0.3) is 0 Å². The standard InChI is InChI=1S/C55H89N19O17S/c1-27(2)19-32(45(81)68-34(21-40(57)77)52(88)73-16-7-10-37(73)48(84)63-24-42(79)72-15-6-11-38(72)49(85)65-31(54(90)91)9-5-14-62-55(59)60)66-46(82)33(20-29-23-61-26-64-29)67-50(86)39-12-8-17-74(39)53(89)35(22-41(58)78)69-47(83)36(25-75)70-51(87)43(28(3)76)71-44(80)30(56)13-18-92-4/h23,26-28,30-39,43,75-76H,5-22,24-25,56H2,1-4H3,(H2,57,77)(H2,58,78)(H,61,64)(H,63,84)(H,65,85)(H,66,82)(H,67,86)(H,68,81)(H,69,83)(H,70,87)(H,71,80)(H,90,91)(H4,59,60,62)/t28-,30+,31+,32+,33+,34+,35+,36+,37+,38+,39+,43+/m1/s1. The Kier molecular flexibility index (Phi) is 30.4. The van der Waals surface area contributed by atoms with Crippen LogP contribution in [0.15, 0.2) is 17.5 Å². The van der Waals surface area contributed by atoms with Gasteiger partial charge in [0.05, 0.1) is 44.5 Å². The molecule has 37 heteroatoms. The lowest BCUT2D eigenvalue weighted by Crippen LogP contribution is -2.62. The average Bonchev–Trinajstić information content (AvgIpc) is 1.84. The number of amides is 13. The number of carbonyl (C=O) groups is 14. The molecule has 4 heterocycles. The van der Waals surface area contributed by atoms with Crippen LogP contribution in [0.3, 0.4) is 0 Å². The molecule has 13 amide bonds.